The second-order valence-corrected chi connectivity index (χ2v) is 4.75. The minimum atomic E-state index is -0.873. The smallest absolute Gasteiger partial charge is 0.323 e. The number of rotatable bonds is 7. The molecule has 0 aliphatic heterocycles. The van der Waals surface area contributed by atoms with Gasteiger partial charge in [0.2, 0.25) is 5.91 Å². The van der Waals surface area contributed by atoms with Crippen LogP contribution < -0.4 is 10.6 Å². The summed E-state index contributed by atoms with van der Waals surface area (Å²) in [6, 6.07) is -0.455. The number of unbranched alkanes of at least 4 members (excludes halogenated alkanes) is 1. The Labute approximate surface area is 102 Å². The Kier molecular flexibility index (Phi) is 4.93. The van der Waals surface area contributed by atoms with E-state index in [4.69, 9.17) is 5.11 Å². The largest absolute Gasteiger partial charge is 0.480 e. The van der Waals surface area contributed by atoms with Crippen molar-refractivity contribution in [3.8, 4) is 0 Å². The number of hydrogen-bond acceptors (Lipinski definition) is 3. The zero-order valence-electron chi connectivity index (χ0n) is 10.6. The van der Waals surface area contributed by atoms with Gasteiger partial charge in [0.1, 0.15) is 5.54 Å². The Morgan fingerprint density at radius 1 is 1.41 bits per heavy atom. The number of hydrogen-bond donors (Lipinski definition) is 3. The van der Waals surface area contributed by atoms with Crippen LogP contribution in [0.4, 0.5) is 0 Å². The van der Waals surface area contributed by atoms with Gasteiger partial charge in [0.25, 0.3) is 0 Å². The number of nitrogens with one attached hydrogen (secondary N) is 2. The summed E-state index contributed by atoms with van der Waals surface area (Å²) in [5.74, 6) is -0.970. The molecule has 0 radical (unpaired) electrons. The van der Waals surface area contributed by atoms with Gasteiger partial charge < -0.3 is 10.4 Å². The number of carboxylic acid groups (broad SMARTS) is 1. The molecule has 1 fully saturated rings. The van der Waals surface area contributed by atoms with E-state index in [9.17, 15) is 9.59 Å². The minimum Gasteiger partial charge on any atom is -0.480 e. The first-order valence-electron chi connectivity index (χ1n) is 6.30. The predicted octanol–water partition coefficient (Wildman–Crippen LogP) is 0.888. The maximum Gasteiger partial charge on any atom is 0.323 e. The van der Waals surface area contributed by atoms with Crippen molar-refractivity contribution in [1.29, 1.82) is 0 Å². The highest BCUT2D eigenvalue weighted by atomic mass is 16.4. The van der Waals surface area contributed by atoms with E-state index < -0.39 is 17.6 Å². The lowest BCUT2D eigenvalue weighted by Crippen LogP contribution is -2.62. The summed E-state index contributed by atoms with van der Waals surface area (Å²) >= 11 is 0. The third-order valence-electron chi connectivity index (χ3n) is 3.33. The van der Waals surface area contributed by atoms with Gasteiger partial charge in [0, 0.05) is 6.54 Å². The van der Waals surface area contributed by atoms with Crippen molar-refractivity contribution in [2.24, 2.45) is 0 Å². The Morgan fingerprint density at radius 3 is 2.47 bits per heavy atom. The molecule has 0 saturated heterocycles. The summed E-state index contributed by atoms with van der Waals surface area (Å²) in [4.78, 5) is 22.8. The molecule has 0 spiro atoms. The molecule has 0 aromatic carbocycles. The standard InChI is InChI=1S/C12H22N2O3/c1-3-4-8-13-10(15)9(2)14-12(11(16)17)6-5-7-12/h9,14H,3-8H2,1-2H3,(H,13,15)(H,16,17). The topological polar surface area (TPSA) is 78.4 Å². The van der Waals surface area contributed by atoms with Crippen LogP contribution in [0.15, 0.2) is 0 Å². The lowest BCUT2D eigenvalue weighted by atomic mass is 9.76. The second-order valence-electron chi connectivity index (χ2n) is 4.75. The van der Waals surface area contributed by atoms with Crippen LogP contribution in [0.3, 0.4) is 0 Å². The van der Waals surface area contributed by atoms with Crippen molar-refractivity contribution in [3.63, 3.8) is 0 Å². The number of carbonyl (C=O) groups excluding carboxylic acids is 1. The van der Waals surface area contributed by atoms with E-state index >= 15 is 0 Å². The minimum absolute atomic E-state index is 0.119. The first-order chi connectivity index (χ1) is 8.02. The van der Waals surface area contributed by atoms with Crippen molar-refractivity contribution in [1.82, 2.24) is 10.6 Å². The number of amides is 1. The molecule has 1 saturated carbocycles. The summed E-state index contributed by atoms with van der Waals surface area (Å²) in [7, 11) is 0. The number of aliphatic carboxylic acids is 1. The molecule has 1 atom stereocenters. The highest BCUT2D eigenvalue weighted by molar-refractivity contribution is 5.84. The molecule has 98 valence electrons. The van der Waals surface area contributed by atoms with E-state index in [0.717, 1.165) is 19.3 Å². The molecule has 17 heavy (non-hydrogen) atoms. The summed E-state index contributed by atoms with van der Waals surface area (Å²) in [5, 5.41) is 14.9. The molecular formula is C12H22N2O3. The van der Waals surface area contributed by atoms with E-state index in [0.29, 0.717) is 19.4 Å². The molecule has 0 heterocycles. The van der Waals surface area contributed by atoms with Crippen LogP contribution in [-0.4, -0.2) is 35.1 Å². The van der Waals surface area contributed by atoms with Crippen molar-refractivity contribution in [2.45, 2.75) is 57.5 Å². The second kappa shape index (κ2) is 6.00. The van der Waals surface area contributed by atoms with Crippen LogP contribution >= 0.6 is 0 Å². The van der Waals surface area contributed by atoms with Crippen LogP contribution in [0.2, 0.25) is 0 Å². The van der Waals surface area contributed by atoms with Crippen molar-refractivity contribution in [2.75, 3.05) is 6.54 Å². The van der Waals surface area contributed by atoms with Crippen LogP contribution in [0.1, 0.15) is 46.0 Å². The molecule has 1 amide bonds. The summed E-state index contributed by atoms with van der Waals surface area (Å²) in [6.45, 7) is 4.42. The SMILES string of the molecule is CCCCNC(=O)C(C)NC1(C(=O)O)CCC1. The van der Waals surface area contributed by atoms with Gasteiger partial charge in [0.05, 0.1) is 6.04 Å². The van der Waals surface area contributed by atoms with Gasteiger partial charge in [-0.1, -0.05) is 13.3 Å². The Balaban J connectivity index is 2.39. The molecule has 1 rings (SSSR count). The van der Waals surface area contributed by atoms with Crippen molar-refractivity contribution in [3.05, 3.63) is 0 Å². The summed E-state index contributed by atoms with van der Waals surface area (Å²) < 4.78 is 0. The molecule has 3 N–H and O–H groups in total. The molecule has 0 aromatic heterocycles. The Bertz CT molecular complexity index is 287. The third kappa shape index (κ3) is 3.43. The summed E-state index contributed by atoms with van der Waals surface area (Å²) in [6.07, 6.45) is 4.09. The lowest BCUT2D eigenvalue weighted by Gasteiger charge is -2.40. The fourth-order valence-electron chi connectivity index (χ4n) is 1.97. The average molecular weight is 242 g/mol. The van der Waals surface area contributed by atoms with E-state index in [1.165, 1.54) is 0 Å². The zero-order valence-corrected chi connectivity index (χ0v) is 10.6. The molecule has 1 unspecified atom stereocenters. The van der Waals surface area contributed by atoms with Crippen LogP contribution in [-0.2, 0) is 9.59 Å². The Morgan fingerprint density at radius 2 is 2.06 bits per heavy atom. The number of carboxylic acids is 1. The van der Waals surface area contributed by atoms with Gasteiger partial charge in [-0.3, -0.25) is 14.9 Å². The van der Waals surface area contributed by atoms with Crippen molar-refractivity contribution >= 4 is 11.9 Å². The first kappa shape index (κ1) is 14.0. The monoisotopic (exact) mass is 242 g/mol. The quantitative estimate of drug-likeness (QED) is 0.579. The fourth-order valence-corrected chi connectivity index (χ4v) is 1.97. The maximum absolute atomic E-state index is 11.7. The molecule has 1 aliphatic carbocycles. The van der Waals surface area contributed by atoms with Gasteiger partial charge in [0.15, 0.2) is 0 Å². The molecule has 0 aromatic rings. The van der Waals surface area contributed by atoms with Gasteiger partial charge >= 0.3 is 5.97 Å². The predicted molar refractivity (Wildman–Crippen MR) is 64.7 cm³/mol. The maximum atomic E-state index is 11.7. The number of carbonyl (C=O) groups is 2. The third-order valence-corrected chi connectivity index (χ3v) is 3.33. The van der Waals surface area contributed by atoms with Gasteiger partial charge in [-0.05, 0) is 32.6 Å². The lowest BCUT2D eigenvalue weighted by molar-refractivity contribution is -0.149. The van der Waals surface area contributed by atoms with Gasteiger partial charge in [-0.25, -0.2) is 0 Å². The van der Waals surface area contributed by atoms with Crippen LogP contribution in [0.25, 0.3) is 0 Å². The van der Waals surface area contributed by atoms with E-state index in [1.807, 2.05) is 0 Å². The van der Waals surface area contributed by atoms with Crippen LogP contribution in [0, 0.1) is 0 Å². The first-order valence-corrected chi connectivity index (χ1v) is 6.30. The Hall–Kier alpha value is -1.10. The molecule has 1 aliphatic rings. The molecule has 5 nitrogen and oxygen atoms in total. The molecule has 0 bridgehead atoms. The summed E-state index contributed by atoms with van der Waals surface area (Å²) in [5.41, 5.74) is -0.873. The van der Waals surface area contributed by atoms with Crippen molar-refractivity contribution < 1.29 is 14.7 Å². The fraction of sp³-hybridized carbons (Fsp3) is 0.833. The van der Waals surface area contributed by atoms with E-state index in [2.05, 4.69) is 17.6 Å². The highest BCUT2D eigenvalue weighted by Crippen LogP contribution is 2.32. The van der Waals surface area contributed by atoms with Gasteiger partial charge in [-0.15, -0.1) is 0 Å². The highest BCUT2D eigenvalue weighted by Gasteiger charge is 2.45. The molecule has 5 heteroatoms. The molecular weight excluding hydrogens is 220 g/mol. The van der Waals surface area contributed by atoms with E-state index in [-0.39, 0.29) is 5.91 Å². The normalized spacial score (nSPS) is 19.2. The van der Waals surface area contributed by atoms with Gasteiger partial charge in [-0.2, -0.15) is 0 Å². The van der Waals surface area contributed by atoms with Crippen LogP contribution in [0.5, 0.6) is 0 Å². The van der Waals surface area contributed by atoms with E-state index in [1.54, 1.807) is 6.92 Å². The average Bonchev–Trinajstić information content (AvgIpc) is 2.22. The zero-order chi connectivity index (χ0) is 12.9.